The number of hydrogen-bond acceptors (Lipinski definition) is 8. The van der Waals surface area contributed by atoms with Crippen LogP contribution < -0.4 is 8.37 Å². The molecule has 1 aromatic carbocycles. The van der Waals surface area contributed by atoms with Crippen LogP contribution in [0, 0.1) is 10.1 Å². The molecule has 16 heavy (non-hydrogen) atoms. The van der Waals surface area contributed by atoms with E-state index in [0.717, 1.165) is 0 Å². The maximum Gasteiger partial charge on any atom is 0.501 e. The van der Waals surface area contributed by atoms with Crippen LogP contribution in [-0.4, -0.2) is 23.6 Å². The number of aromatic hydroxyl groups is 2. The zero-order valence-electron chi connectivity index (χ0n) is 7.28. The molecule has 1 aliphatic rings. The maximum absolute atomic E-state index is 10.9. The SMILES string of the molecule is O=[N+]([O-])c1c2cc(O)c(O)c1OS(=O)(=O)O2. The molecule has 2 rings (SSSR count). The molecule has 0 atom stereocenters. The van der Waals surface area contributed by atoms with Crippen molar-refractivity contribution < 1.29 is 31.9 Å². The van der Waals surface area contributed by atoms with E-state index in [1.54, 1.807) is 0 Å². The summed E-state index contributed by atoms with van der Waals surface area (Å²) in [5.74, 6) is -3.51. The molecule has 86 valence electrons. The molecule has 0 aliphatic carbocycles. The third-order valence-corrected chi connectivity index (χ3v) is 2.49. The lowest BCUT2D eigenvalue weighted by Gasteiger charge is -2.16. The first-order valence-corrected chi connectivity index (χ1v) is 5.02. The molecule has 2 bridgehead atoms. The van der Waals surface area contributed by atoms with Crippen molar-refractivity contribution in [2.75, 3.05) is 0 Å². The summed E-state index contributed by atoms with van der Waals surface area (Å²) in [4.78, 5) is 9.57. The maximum atomic E-state index is 10.9. The number of phenolic OH excluding ortho intramolecular Hbond substituents is 2. The number of benzene rings is 1. The van der Waals surface area contributed by atoms with Gasteiger partial charge in [-0.1, -0.05) is 0 Å². The van der Waals surface area contributed by atoms with Crippen LogP contribution in [0.1, 0.15) is 0 Å². The molecule has 0 saturated carbocycles. The average molecular weight is 249 g/mol. The number of nitro groups is 1. The Morgan fingerprint density at radius 3 is 2.50 bits per heavy atom. The van der Waals surface area contributed by atoms with Crippen LogP contribution in [0.25, 0.3) is 0 Å². The highest BCUT2D eigenvalue weighted by Gasteiger charge is 2.40. The van der Waals surface area contributed by atoms with E-state index in [2.05, 4.69) is 8.37 Å². The molecule has 10 heteroatoms. The molecule has 0 saturated heterocycles. The smallest absolute Gasteiger partial charge is 0.501 e. The molecular weight excluding hydrogens is 246 g/mol. The third-order valence-electron chi connectivity index (χ3n) is 1.73. The van der Waals surface area contributed by atoms with Gasteiger partial charge in [0.05, 0.1) is 4.92 Å². The molecule has 2 N–H and O–H groups in total. The first-order valence-electron chi connectivity index (χ1n) is 3.69. The van der Waals surface area contributed by atoms with Gasteiger partial charge in [-0.2, -0.15) is 0 Å². The molecule has 0 aromatic heterocycles. The first kappa shape index (κ1) is 10.3. The minimum atomic E-state index is -4.50. The van der Waals surface area contributed by atoms with Crippen molar-refractivity contribution in [1.29, 1.82) is 0 Å². The van der Waals surface area contributed by atoms with E-state index in [0.29, 0.717) is 6.07 Å². The Bertz CT molecular complexity index is 591. The minimum absolute atomic E-state index is 0.608. The Morgan fingerprint density at radius 2 is 1.94 bits per heavy atom. The molecule has 0 radical (unpaired) electrons. The summed E-state index contributed by atoms with van der Waals surface area (Å²) in [6, 6.07) is 0.608. The minimum Gasteiger partial charge on any atom is -0.504 e. The van der Waals surface area contributed by atoms with Crippen molar-refractivity contribution in [1.82, 2.24) is 0 Å². The molecule has 0 amide bonds. The second kappa shape index (κ2) is 2.88. The van der Waals surface area contributed by atoms with Crippen LogP contribution in [0.15, 0.2) is 6.07 Å². The van der Waals surface area contributed by atoms with E-state index in [-0.39, 0.29) is 0 Å². The summed E-state index contributed by atoms with van der Waals surface area (Å²) < 4.78 is 30.1. The predicted molar refractivity (Wildman–Crippen MR) is 46.6 cm³/mol. The van der Waals surface area contributed by atoms with Crippen LogP contribution in [0.3, 0.4) is 0 Å². The standard InChI is InChI=1S/C6H3NO8S/c8-2-1-3-4(7(10)11)6(5(2)9)15-16(12,13)14-3/h1,8-9H. The van der Waals surface area contributed by atoms with Gasteiger partial charge in [0.1, 0.15) is 0 Å². The zero-order chi connectivity index (χ0) is 12.1. The highest BCUT2D eigenvalue weighted by Crippen LogP contribution is 2.52. The molecule has 1 aliphatic heterocycles. The van der Waals surface area contributed by atoms with E-state index >= 15 is 0 Å². The van der Waals surface area contributed by atoms with Gasteiger partial charge < -0.3 is 18.6 Å². The molecule has 0 spiro atoms. The summed E-state index contributed by atoms with van der Waals surface area (Å²) in [6.45, 7) is 0. The van der Waals surface area contributed by atoms with Gasteiger partial charge in [0.2, 0.25) is 11.5 Å². The zero-order valence-corrected chi connectivity index (χ0v) is 8.09. The second-order valence-corrected chi connectivity index (χ2v) is 3.90. The lowest BCUT2D eigenvalue weighted by molar-refractivity contribution is -0.386. The highest BCUT2D eigenvalue weighted by atomic mass is 32.3. The molecule has 0 fully saturated rings. The number of rotatable bonds is 1. The van der Waals surface area contributed by atoms with E-state index in [1.807, 2.05) is 0 Å². The van der Waals surface area contributed by atoms with Crippen molar-refractivity contribution in [2.24, 2.45) is 0 Å². The third kappa shape index (κ3) is 1.35. The Hall–Kier alpha value is -2.23. The Labute approximate surface area is 87.9 Å². The molecule has 0 unspecified atom stereocenters. The van der Waals surface area contributed by atoms with Gasteiger partial charge in [-0.3, -0.25) is 10.1 Å². The first-order chi connectivity index (χ1) is 7.32. The van der Waals surface area contributed by atoms with Crippen LogP contribution in [0.4, 0.5) is 5.69 Å². The van der Waals surface area contributed by atoms with Crippen LogP contribution >= 0.6 is 0 Å². The summed E-state index contributed by atoms with van der Waals surface area (Å²) in [6.07, 6.45) is 0. The van der Waals surface area contributed by atoms with Gasteiger partial charge in [-0.05, 0) is 0 Å². The fourth-order valence-electron chi connectivity index (χ4n) is 1.15. The summed E-state index contributed by atoms with van der Waals surface area (Å²) in [5.41, 5.74) is -0.870. The number of phenols is 2. The largest absolute Gasteiger partial charge is 0.504 e. The van der Waals surface area contributed by atoms with Crippen molar-refractivity contribution in [3.63, 3.8) is 0 Å². The van der Waals surface area contributed by atoms with Crippen molar-refractivity contribution in [2.45, 2.75) is 0 Å². The molecule has 1 aromatic rings. The van der Waals surface area contributed by atoms with Gasteiger partial charge in [0.25, 0.3) is 5.75 Å². The Balaban J connectivity index is 2.81. The molecular formula is C6H3NO8S. The van der Waals surface area contributed by atoms with Crippen LogP contribution in [0.2, 0.25) is 0 Å². The van der Waals surface area contributed by atoms with Crippen LogP contribution in [0.5, 0.6) is 23.0 Å². The van der Waals surface area contributed by atoms with Gasteiger partial charge in [0, 0.05) is 6.07 Å². The Morgan fingerprint density at radius 1 is 1.31 bits per heavy atom. The van der Waals surface area contributed by atoms with E-state index in [1.165, 1.54) is 0 Å². The second-order valence-electron chi connectivity index (χ2n) is 2.75. The van der Waals surface area contributed by atoms with E-state index in [9.17, 15) is 23.6 Å². The normalized spacial score (nSPS) is 16.0. The lowest BCUT2D eigenvalue weighted by Crippen LogP contribution is -2.21. The Kier molecular flexibility index (Phi) is 1.85. The van der Waals surface area contributed by atoms with Crippen molar-refractivity contribution in [3.05, 3.63) is 16.2 Å². The number of nitro benzene ring substituents is 1. The predicted octanol–water partition coefficient (Wildman–Crippen LogP) is 0.0220. The fraction of sp³-hybridized carbons (Fsp3) is 0. The molecule has 9 nitrogen and oxygen atoms in total. The topological polar surface area (TPSA) is 136 Å². The van der Waals surface area contributed by atoms with Crippen molar-refractivity contribution >= 4 is 16.1 Å². The van der Waals surface area contributed by atoms with Crippen molar-refractivity contribution in [3.8, 4) is 23.0 Å². The summed E-state index contributed by atoms with van der Waals surface area (Å²) in [5, 5.41) is 28.9. The van der Waals surface area contributed by atoms with Crippen LogP contribution in [-0.2, 0) is 10.4 Å². The number of fused-ring (bicyclic) bond motifs is 2. The van der Waals surface area contributed by atoms with E-state index in [4.69, 9.17) is 5.11 Å². The average Bonchev–Trinajstić information content (AvgIpc) is 2.11. The summed E-state index contributed by atoms with van der Waals surface area (Å²) in [7, 11) is -4.50. The lowest BCUT2D eigenvalue weighted by atomic mass is 10.2. The molecule has 1 heterocycles. The quantitative estimate of drug-likeness (QED) is 0.403. The van der Waals surface area contributed by atoms with Gasteiger partial charge in [-0.15, -0.1) is 8.42 Å². The van der Waals surface area contributed by atoms with E-state index < -0.39 is 44.0 Å². The van der Waals surface area contributed by atoms with Gasteiger partial charge in [-0.25, -0.2) is 0 Å². The number of nitrogens with zero attached hydrogens (tertiary/aromatic N) is 1. The monoisotopic (exact) mass is 249 g/mol. The number of hydrogen-bond donors (Lipinski definition) is 2. The van der Waals surface area contributed by atoms with Gasteiger partial charge >= 0.3 is 16.1 Å². The fourth-order valence-corrected chi connectivity index (χ4v) is 1.89. The van der Waals surface area contributed by atoms with Gasteiger partial charge in [0.15, 0.2) is 5.75 Å². The highest BCUT2D eigenvalue weighted by molar-refractivity contribution is 7.82. The summed E-state index contributed by atoms with van der Waals surface area (Å²) >= 11 is 0.